The number of carbonyl (C=O) groups is 2. The van der Waals surface area contributed by atoms with Gasteiger partial charge in [-0.1, -0.05) is 47.5 Å². The molecule has 1 heterocycles. The first-order valence-corrected chi connectivity index (χ1v) is 10.5. The second kappa shape index (κ2) is 9.06. The van der Waals surface area contributed by atoms with Crippen molar-refractivity contribution in [2.45, 2.75) is 25.9 Å². The number of nitrogens with zero attached hydrogens (tertiary/aromatic N) is 1. The Morgan fingerprint density at radius 1 is 0.938 bits per heavy atom. The van der Waals surface area contributed by atoms with Gasteiger partial charge in [0.2, 0.25) is 12.3 Å². The molecule has 1 saturated heterocycles. The van der Waals surface area contributed by atoms with E-state index in [0.29, 0.717) is 5.56 Å². The van der Waals surface area contributed by atoms with Gasteiger partial charge in [0.15, 0.2) is 6.04 Å². The van der Waals surface area contributed by atoms with Crippen molar-refractivity contribution < 1.29 is 19.0 Å². The summed E-state index contributed by atoms with van der Waals surface area (Å²) in [7, 11) is 1.62. The Morgan fingerprint density at radius 2 is 1.53 bits per heavy atom. The highest BCUT2D eigenvalue weighted by Crippen LogP contribution is 2.26. The van der Waals surface area contributed by atoms with Crippen molar-refractivity contribution in [1.82, 2.24) is 10.7 Å². The lowest BCUT2D eigenvalue weighted by Crippen LogP contribution is -2.42. The van der Waals surface area contributed by atoms with E-state index in [9.17, 15) is 9.59 Å². The van der Waals surface area contributed by atoms with Crippen LogP contribution in [0.2, 0.25) is 0 Å². The molecule has 0 saturated carbocycles. The van der Waals surface area contributed by atoms with E-state index in [2.05, 4.69) is 10.7 Å². The minimum Gasteiger partial charge on any atom is -0.497 e. The molecule has 32 heavy (non-hydrogen) atoms. The van der Waals surface area contributed by atoms with E-state index in [-0.39, 0.29) is 11.8 Å². The van der Waals surface area contributed by atoms with Gasteiger partial charge in [-0.2, -0.15) is 0 Å². The predicted molar refractivity (Wildman–Crippen MR) is 123 cm³/mol. The SMILES string of the molecule is COc1ccc(/C=[N+]2\NC(=O)[C@H](NC(=O)c3ccc(C)cc3)[C@@H]2c2ccc(C)cc2)cc1. The van der Waals surface area contributed by atoms with Crippen LogP contribution in [-0.2, 0) is 4.79 Å². The topological polar surface area (TPSA) is 70.4 Å². The molecular weight excluding hydrogens is 402 g/mol. The zero-order valence-electron chi connectivity index (χ0n) is 18.3. The van der Waals surface area contributed by atoms with Crippen molar-refractivity contribution in [3.8, 4) is 5.75 Å². The minimum atomic E-state index is -0.749. The quantitative estimate of drug-likeness (QED) is 0.613. The van der Waals surface area contributed by atoms with Gasteiger partial charge in [0.05, 0.1) is 7.11 Å². The normalized spacial score (nSPS) is 19.0. The van der Waals surface area contributed by atoms with Crippen molar-refractivity contribution in [1.29, 1.82) is 0 Å². The number of benzene rings is 3. The van der Waals surface area contributed by atoms with E-state index in [1.807, 2.05) is 80.7 Å². The zero-order chi connectivity index (χ0) is 22.7. The molecule has 1 aliphatic heterocycles. The third-order valence-corrected chi connectivity index (χ3v) is 5.56. The molecule has 0 unspecified atom stereocenters. The van der Waals surface area contributed by atoms with Gasteiger partial charge in [0, 0.05) is 16.7 Å². The van der Waals surface area contributed by atoms with Gasteiger partial charge >= 0.3 is 5.91 Å². The second-order valence-corrected chi connectivity index (χ2v) is 7.96. The first kappa shape index (κ1) is 21.3. The molecule has 1 fully saturated rings. The summed E-state index contributed by atoms with van der Waals surface area (Å²) in [6, 6.07) is 21.7. The summed E-state index contributed by atoms with van der Waals surface area (Å²) < 4.78 is 6.98. The molecule has 6 heteroatoms. The van der Waals surface area contributed by atoms with E-state index >= 15 is 0 Å². The smallest absolute Gasteiger partial charge is 0.304 e. The van der Waals surface area contributed by atoms with Gasteiger partial charge in [0.25, 0.3) is 5.91 Å². The fourth-order valence-corrected chi connectivity index (χ4v) is 3.72. The first-order valence-electron chi connectivity index (χ1n) is 10.5. The summed E-state index contributed by atoms with van der Waals surface area (Å²) in [4.78, 5) is 25.8. The van der Waals surface area contributed by atoms with Crippen LogP contribution in [0.25, 0.3) is 0 Å². The van der Waals surface area contributed by atoms with Crippen LogP contribution in [0, 0.1) is 13.8 Å². The lowest BCUT2D eigenvalue weighted by molar-refractivity contribution is -0.596. The highest BCUT2D eigenvalue weighted by atomic mass is 16.5. The second-order valence-electron chi connectivity index (χ2n) is 7.96. The fraction of sp³-hybridized carbons (Fsp3) is 0.192. The maximum absolute atomic E-state index is 12.9. The Bertz CT molecular complexity index is 1150. The molecule has 0 radical (unpaired) electrons. The molecule has 3 aromatic carbocycles. The molecule has 3 aromatic rings. The van der Waals surface area contributed by atoms with Crippen LogP contribution in [0.15, 0.2) is 72.8 Å². The minimum absolute atomic E-state index is 0.263. The summed E-state index contributed by atoms with van der Waals surface area (Å²) in [5.74, 6) is 0.209. The Balaban J connectivity index is 1.68. The number of amides is 2. The van der Waals surface area contributed by atoms with Gasteiger partial charge in [-0.3, -0.25) is 9.59 Å². The van der Waals surface area contributed by atoms with Gasteiger partial charge in [-0.05, 0) is 50.2 Å². The number of aryl methyl sites for hydroxylation is 2. The highest BCUT2D eigenvalue weighted by molar-refractivity contribution is 5.98. The Kier molecular flexibility index (Phi) is 6.03. The molecule has 1 aliphatic rings. The fourth-order valence-electron chi connectivity index (χ4n) is 3.72. The van der Waals surface area contributed by atoms with Crippen LogP contribution < -0.4 is 15.5 Å². The predicted octanol–water partition coefficient (Wildman–Crippen LogP) is 3.33. The number of carbonyl (C=O) groups excluding carboxylic acids is 2. The number of hydrazine groups is 1. The molecule has 0 spiro atoms. The van der Waals surface area contributed by atoms with Crippen LogP contribution >= 0.6 is 0 Å². The molecular formula is C26H26N3O3+. The van der Waals surface area contributed by atoms with E-state index in [1.165, 1.54) is 0 Å². The van der Waals surface area contributed by atoms with Crippen molar-refractivity contribution in [3.05, 3.63) is 101 Å². The number of hydrazone groups is 1. The molecule has 162 valence electrons. The molecule has 2 N–H and O–H groups in total. The lowest BCUT2D eigenvalue weighted by atomic mass is 9.98. The monoisotopic (exact) mass is 428 g/mol. The molecule has 0 aliphatic carbocycles. The third kappa shape index (κ3) is 4.54. The first-order chi connectivity index (χ1) is 15.4. The van der Waals surface area contributed by atoms with Crippen molar-refractivity contribution in [3.63, 3.8) is 0 Å². The van der Waals surface area contributed by atoms with E-state index < -0.39 is 12.1 Å². The number of methoxy groups -OCH3 is 1. The van der Waals surface area contributed by atoms with E-state index in [1.54, 1.807) is 23.9 Å². The van der Waals surface area contributed by atoms with Crippen molar-refractivity contribution in [2.24, 2.45) is 0 Å². The third-order valence-electron chi connectivity index (χ3n) is 5.56. The molecule has 2 atom stereocenters. The van der Waals surface area contributed by atoms with Crippen LogP contribution in [0.1, 0.15) is 38.7 Å². The summed E-state index contributed by atoms with van der Waals surface area (Å²) in [5.41, 5.74) is 7.43. The van der Waals surface area contributed by atoms with Crippen LogP contribution in [0.4, 0.5) is 0 Å². The average Bonchev–Trinajstić information content (AvgIpc) is 3.09. The maximum atomic E-state index is 12.9. The molecule has 6 nitrogen and oxygen atoms in total. The van der Waals surface area contributed by atoms with Crippen molar-refractivity contribution >= 4 is 18.0 Å². The molecule has 2 amide bonds. The Labute approximate surface area is 187 Å². The van der Waals surface area contributed by atoms with Gasteiger partial charge in [-0.25, -0.2) is 0 Å². The highest BCUT2D eigenvalue weighted by Gasteiger charge is 2.47. The summed E-state index contributed by atoms with van der Waals surface area (Å²) in [6.07, 6.45) is 1.86. The lowest BCUT2D eigenvalue weighted by Gasteiger charge is -2.15. The number of ether oxygens (including phenoxy) is 1. The number of hydrogen-bond donors (Lipinski definition) is 2. The standard InChI is InChI=1S/C26H25N3O3/c1-17-4-10-20(11-5-17)24-23(27-25(30)21-12-6-18(2)7-13-21)26(31)28-29(24)16-19-8-14-22(32-3)15-9-19/h4-16,23-24H,1-3H3,(H-,27,28,30,31)/p+1/b29-16-/t23-,24+/m1/s1. The van der Waals surface area contributed by atoms with Crippen LogP contribution in [0.3, 0.4) is 0 Å². The summed E-state index contributed by atoms with van der Waals surface area (Å²) in [6.45, 7) is 3.98. The van der Waals surface area contributed by atoms with Gasteiger partial charge in [0.1, 0.15) is 5.75 Å². The average molecular weight is 429 g/mol. The number of hydrogen-bond acceptors (Lipinski definition) is 3. The van der Waals surface area contributed by atoms with E-state index in [0.717, 1.165) is 28.0 Å². The van der Waals surface area contributed by atoms with E-state index in [4.69, 9.17) is 4.74 Å². The summed E-state index contributed by atoms with van der Waals surface area (Å²) in [5, 5.41) is 2.93. The number of nitrogens with one attached hydrogen (secondary N) is 2. The molecule has 0 bridgehead atoms. The zero-order valence-corrected chi connectivity index (χ0v) is 18.3. The molecule has 0 aromatic heterocycles. The van der Waals surface area contributed by atoms with Crippen LogP contribution in [0.5, 0.6) is 5.75 Å². The number of rotatable bonds is 5. The Hall–Kier alpha value is -3.93. The van der Waals surface area contributed by atoms with Crippen molar-refractivity contribution in [2.75, 3.05) is 7.11 Å². The van der Waals surface area contributed by atoms with Gasteiger partial charge in [-0.15, -0.1) is 10.1 Å². The van der Waals surface area contributed by atoms with Gasteiger partial charge < -0.3 is 10.1 Å². The maximum Gasteiger partial charge on any atom is 0.304 e. The Morgan fingerprint density at radius 3 is 2.12 bits per heavy atom. The van der Waals surface area contributed by atoms with Crippen LogP contribution in [-0.4, -0.2) is 35.9 Å². The largest absolute Gasteiger partial charge is 0.497 e. The summed E-state index contributed by atoms with van der Waals surface area (Å²) >= 11 is 0. The molecule has 4 rings (SSSR count).